The van der Waals surface area contributed by atoms with E-state index >= 15 is 0 Å². The van der Waals surface area contributed by atoms with Crippen LogP contribution in [0, 0.1) is 11.3 Å². The van der Waals surface area contributed by atoms with Gasteiger partial charge >= 0.3 is 0 Å². The third-order valence-corrected chi connectivity index (χ3v) is 2.50. The van der Waals surface area contributed by atoms with Gasteiger partial charge in [-0.1, -0.05) is 30.3 Å². The Bertz CT molecular complexity index is 457. The number of nitrogens with one attached hydrogen (secondary N) is 1. The van der Waals surface area contributed by atoms with Gasteiger partial charge in [0.05, 0.1) is 12.1 Å². The summed E-state index contributed by atoms with van der Waals surface area (Å²) in [4.78, 5) is 11.3. The van der Waals surface area contributed by atoms with Crippen molar-refractivity contribution in [1.29, 1.82) is 5.26 Å². The number of hydrogen-bond donors (Lipinski definition) is 2. The van der Waals surface area contributed by atoms with Crippen molar-refractivity contribution in [3.8, 4) is 6.07 Å². The van der Waals surface area contributed by atoms with Gasteiger partial charge in [0, 0.05) is 12.8 Å². The normalized spacial score (nSPS) is 12.5. The van der Waals surface area contributed by atoms with Crippen molar-refractivity contribution in [2.45, 2.75) is 24.8 Å². The average molecular weight is 267 g/mol. The minimum absolute atomic E-state index is 0.239. The standard InChI is InChI=1S/C13H15F2N3O/c14-13(15,8-10-4-2-1-3-5-10)9-11(17)12(19)18-7-6-16/h1-5,11H,7-9,17H2,(H,18,19)/t11-/m0/s1. The molecule has 0 bridgehead atoms. The molecular formula is C13H15F2N3O. The Balaban J connectivity index is 2.54. The molecule has 0 aliphatic rings. The molecule has 0 saturated heterocycles. The zero-order valence-electron chi connectivity index (χ0n) is 10.3. The first-order valence-corrected chi connectivity index (χ1v) is 5.76. The maximum atomic E-state index is 13.7. The average Bonchev–Trinajstić information content (AvgIpc) is 2.35. The summed E-state index contributed by atoms with van der Waals surface area (Å²) in [5, 5.41) is 10.4. The molecule has 0 unspecified atom stereocenters. The van der Waals surface area contributed by atoms with E-state index in [1.165, 1.54) is 0 Å². The topological polar surface area (TPSA) is 78.9 Å². The zero-order valence-corrected chi connectivity index (χ0v) is 10.3. The molecule has 0 fully saturated rings. The second-order valence-electron chi connectivity index (χ2n) is 4.20. The van der Waals surface area contributed by atoms with Gasteiger partial charge in [-0.3, -0.25) is 4.79 Å². The maximum Gasteiger partial charge on any atom is 0.254 e. The van der Waals surface area contributed by atoms with Crippen LogP contribution in [0.5, 0.6) is 0 Å². The predicted molar refractivity (Wildman–Crippen MR) is 66.3 cm³/mol. The molecular weight excluding hydrogens is 252 g/mol. The molecule has 0 aliphatic heterocycles. The molecule has 1 aromatic carbocycles. The fourth-order valence-electron chi connectivity index (χ4n) is 1.64. The summed E-state index contributed by atoms with van der Waals surface area (Å²) in [6.45, 7) is -0.239. The number of benzene rings is 1. The molecule has 4 nitrogen and oxygen atoms in total. The second kappa shape index (κ2) is 6.81. The van der Waals surface area contributed by atoms with Crippen molar-refractivity contribution < 1.29 is 13.6 Å². The molecule has 6 heteroatoms. The summed E-state index contributed by atoms with van der Waals surface area (Å²) in [6, 6.07) is 8.62. The Morgan fingerprint density at radius 1 is 1.42 bits per heavy atom. The number of carbonyl (C=O) groups is 1. The maximum absolute atomic E-state index is 13.7. The van der Waals surface area contributed by atoms with E-state index in [2.05, 4.69) is 5.32 Å². The van der Waals surface area contributed by atoms with Gasteiger partial charge in [0.25, 0.3) is 5.92 Å². The number of nitrogens with zero attached hydrogens (tertiary/aromatic N) is 1. The zero-order chi connectivity index (χ0) is 14.3. The highest BCUT2D eigenvalue weighted by Gasteiger charge is 2.34. The molecule has 1 atom stereocenters. The molecule has 0 aromatic heterocycles. The van der Waals surface area contributed by atoms with E-state index in [1.807, 2.05) is 0 Å². The molecule has 0 saturated carbocycles. The van der Waals surface area contributed by atoms with Crippen LogP contribution in [0.1, 0.15) is 12.0 Å². The van der Waals surface area contributed by atoms with E-state index in [1.54, 1.807) is 36.4 Å². The van der Waals surface area contributed by atoms with Gasteiger partial charge < -0.3 is 11.1 Å². The Morgan fingerprint density at radius 3 is 2.63 bits per heavy atom. The van der Waals surface area contributed by atoms with Crippen molar-refractivity contribution in [3.63, 3.8) is 0 Å². The van der Waals surface area contributed by atoms with Gasteiger partial charge in [-0.15, -0.1) is 0 Å². The van der Waals surface area contributed by atoms with Gasteiger partial charge in [-0.2, -0.15) is 5.26 Å². The highest BCUT2D eigenvalue weighted by Crippen LogP contribution is 2.25. The van der Waals surface area contributed by atoms with E-state index in [0.717, 1.165) is 0 Å². The summed E-state index contributed by atoms with van der Waals surface area (Å²) >= 11 is 0. The lowest BCUT2D eigenvalue weighted by molar-refractivity contribution is -0.124. The van der Waals surface area contributed by atoms with Crippen LogP contribution >= 0.6 is 0 Å². The highest BCUT2D eigenvalue weighted by atomic mass is 19.3. The summed E-state index contributed by atoms with van der Waals surface area (Å²) in [5.41, 5.74) is 5.88. The van der Waals surface area contributed by atoms with Crippen LogP contribution in [-0.2, 0) is 11.2 Å². The van der Waals surface area contributed by atoms with Crippen molar-refractivity contribution in [3.05, 3.63) is 35.9 Å². The largest absolute Gasteiger partial charge is 0.342 e. The molecule has 1 aromatic rings. The summed E-state index contributed by atoms with van der Waals surface area (Å²) < 4.78 is 27.4. The van der Waals surface area contributed by atoms with Gasteiger partial charge in [0.2, 0.25) is 5.91 Å². The van der Waals surface area contributed by atoms with Crippen LogP contribution in [-0.4, -0.2) is 24.4 Å². The minimum Gasteiger partial charge on any atom is -0.342 e. The molecule has 1 rings (SSSR count). The highest BCUT2D eigenvalue weighted by molar-refractivity contribution is 5.81. The number of hydrogen-bond acceptors (Lipinski definition) is 3. The van der Waals surface area contributed by atoms with E-state index in [0.29, 0.717) is 5.56 Å². The monoisotopic (exact) mass is 267 g/mol. The first kappa shape index (κ1) is 15.1. The molecule has 19 heavy (non-hydrogen) atoms. The molecule has 1 amide bonds. The third-order valence-electron chi connectivity index (χ3n) is 2.50. The van der Waals surface area contributed by atoms with Gasteiger partial charge in [-0.05, 0) is 5.56 Å². The number of halogens is 2. The van der Waals surface area contributed by atoms with Crippen LogP contribution in [0.2, 0.25) is 0 Å². The smallest absolute Gasteiger partial charge is 0.254 e. The van der Waals surface area contributed by atoms with Crippen LogP contribution in [0.4, 0.5) is 8.78 Å². The number of amides is 1. The van der Waals surface area contributed by atoms with Crippen molar-refractivity contribution in [1.82, 2.24) is 5.32 Å². The molecule has 0 spiro atoms. The predicted octanol–water partition coefficient (Wildman–Crippen LogP) is 1.22. The van der Waals surface area contributed by atoms with Crippen LogP contribution in [0.25, 0.3) is 0 Å². The Labute approximate surface area is 110 Å². The van der Waals surface area contributed by atoms with E-state index in [4.69, 9.17) is 11.0 Å². The molecule has 0 aliphatic carbocycles. The number of alkyl halides is 2. The molecule has 0 radical (unpaired) electrons. The molecule has 102 valence electrons. The Morgan fingerprint density at radius 2 is 2.05 bits per heavy atom. The lowest BCUT2D eigenvalue weighted by Gasteiger charge is -2.20. The van der Waals surface area contributed by atoms with Crippen LogP contribution in [0.3, 0.4) is 0 Å². The summed E-state index contributed by atoms with van der Waals surface area (Å²) in [6.07, 6.45) is -1.22. The van der Waals surface area contributed by atoms with Gasteiger partial charge in [0.1, 0.15) is 6.54 Å². The van der Waals surface area contributed by atoms with Crippen molar-refractivity contribution >= 4 is 5.91 Å². The Hall–Kier alpha value is -2.00. The first-order chi connectivity index (χ1) is 8.94. The number of nitrogens with two attached hydrogens (primary N) is 1. The summed E-state index contributed by atoms with van der Waals surface area (Å²) in [5.74, 6) is -3.81. The molecule has 0 heterocycles. The Kier molecular flexibility index (Phi) is 5.39. The fraction of sp³-hybridized carbons (Fsp3) is 0.385. The van der Waals surface area contributed by atoms with Crippen molar-refractivity contribution in [2.75, 3.05) is 6.54 Å². The van der Waals surface area contributed by atoms with Crippen LogP contribution in [0.15, 0.2) is 30.3 Å². The first-order valence-electron chi connectivity index (χ1n) is 5.76. The lowest BCUT2D eigenvalue weighted by atomic mass is 10.0. The number of nitriles is 1. The van der Waals surface area contributed by atoms with E-state index in [9.17, 15) is 13.6 Å². The number of carbonyl (C=O) groups excluding carboxylic acids is 1. The van der Waals surface area contributed by atoms with Gasteiger partial charge in [0.15, 0.2) is 0 Å². The van der Waals surface area contributed by atoms with Gasteiger partial charge in [-0.25, -0.2) is 8.78 Å². The SMILES string of the molecule is N#CCNC(=O)[C@@H](N)CC(F)(F)Cc1ccccc1. The third kappa shape index (κ3) is 5.44. The van der Waals surface area contributed by atoms with E-state index < -0.39 is 30.7 Å². The van der Waals surface area contributed by atoms with Crippen LogP contribution < -0.4 is 11.1 Å². The van der Waals surface area contributed by atoms with E-state index in [-0.39, 0.29) is 6.54 Å². The quantitative estimate of drug-likeness (QED) is 0.761. The minimum atomic E-state index is -3.06. The molecule has 3 N–H and O–H groups in total. The lowest BCUT2D eigenvalue weighted by Crippen LogP contribution is -2.44. The second-order valence-corrected chi connectivity index (χ2v) is 4.20. The number of rotatable bonds is 6. The summed E-state index contributed by atoms with van der Waals surface area (Å²) in [7, 11) is 0. The fourth-order valence-corrected chi connectivity index (χ4v) is 1.64. The van der Waals surface area contributed by atoms with Crippen molar-refractivity contribution in [2.24, 2.45) is 5.73 Å².